The van der Waals surface area contributed by atoms with E-state index in [0.717, 1.165) is 16.9 Å². The fourth-order valence-electron chi connectivity index (χ4n) is 1.61. The Morgan fingerprint density at radius 1 is 1.28 bits per heavy atom. The van der Waals surface area contributed by atoms with Crippen molar-refractivity contribution in [1.29, 1.82) is 0 Å². The molecule has 0 amide bonds. The number of esters is 1. The third-order valence-electron chi connectivity index (χ3n) is 2.60. The van der Waals surface area contributed by atoms with E-state index < -0.39 is 0 Å². The maximum atomic E-state index is 11.8. The highest BCUT2D eigenvalue weighted by atomic mass is 32.1. The molecule has 1 aromatic heterocycles. The minimum absolute atomic E-state index is 0.222. The fourth-order valence-corrected chi connectivity index (χ4v) is 2.43. The molecular formula is C14H14O3S. The molecule has 2 rings (SSSR count). The third-order valence-corrected chi connectivity index (χ3v) is 3.60. The van der Waals surface area contributed by atoms with Gasteiger partial charge in [0.15, 0.2) is 0 Å². The van der Waals surface area contributed by atoms with Gasteiger partial charge in [0.05, 0.1) is 7.11 Å². The lowest BCUT2D eigenvalue weighted by Crippen LogP contribution is -2.05. The molecule has 0 aliphatic heterocycles. The van der Waals surface area contributed by atoms with Crippen molar-refractivity contribution >= 4 is 17.3 Å². The van der Waals surface area contributed by atoms with Gasteiger partial charge in [-0.25, -0.2) is 4.79 Å². The van der Waals surface area contributed by atoms with Crippen LogP contribution in [0.1, 0.15) is 20.8 Å². The highest BCUT2D eigenvalue weighted by molar-refractivity contribution is 7.12. The Hall–Kier alpha value is -1.81. The van der Waals surface area contributed by atoms with Crippen LogP contribution in [-0.2, 0) is 11.3 Å². The molecule has 18 heavy (non-hydrogen) atoms. The maximum absolute atomic E-state index is 11.8. The fraction of sp³-hybridized carbons (Fsp3) is 0.214. The van der Waals surface area contributed by atoms with Crippen molar-refractivity contribution in [2.75, 3.05) is 7.11 Å². The molecule has 0 saturated heterocycles. The Bertz CT molecular complexity index is 545. The number of ether oxygens (including phenoxy) is 2. The summed E-state index contributed by atoms with van der Waals surface area (Å²) in [5.74, 6) is 0.446. The van der Waals surface area contributed by atoms with E-state index in [0.29, 0.717) is 4.88 Å². The molecule has 0 aliphatic carbocycles. The van der Waals surface area contributed by atoms with Gasteiger partial charge in [-0.15, -0.1) is 11.3 Å². The number of thiophene rings is 1. The van der Waals surface area contributed by atoms with Gasteiger partial charge in [0.25, 0.3) is 0 Å². The Labute approximate surface area is 110 Å². The molecule has 1 aromatic carbocycles. The summed E-state index contributed by atoms with van der Waals surface area (Å²) in [6, 6.07) is 9.41. The van der Waals surface area contributed by atoms with Crippen molar-refractivity contribution in [3.05, 3.63) is 51.7 Å². The van der Waals surface area contributed by atoms with Gasteiger partial charge >= 0.3 is 5.97 Å². The summed E-state index contributed by atoms with van der Waals surface area (Å²) in [4.78, 5) is 12.5. The Kier molecular flexibility index (Phi) is 3.99. The summed E-state index contributed by atoms with van der Waals surface area (Å²) in [5.41, 5.74) is 1.81. The lowest BCUT2D eigenvalue weighted by molar-refractivity contribution is 0.0475. The Balaban J connectivity index is 2.04. The number of hydrogen-bond acceptors (Lipinski definition) is 4. The minimum Gasteiger partial charge on any atom is -0.496 e. The number of aryl methyl sites for hydroxylation is 1. The van der Waals surface area contributed by atoms with Gasteiger partial charge in [-0.1, -0.05) is 18.2 Å². The summed E-state index contributed by atoms with van der Waals surface area (Å²) < 4.78 is 10.5. The molecule has 0 N–H and O–H groups in total. The summed E-state index contributed by atoms with van der Waals surface area (Å²) in [7, 11) is 1.60. The van der Waals surface area contributed by atoms with Gasteiger partial charge in [0, 0.05) is 5.56 Å². The zero-order valence-corrected chi connectivity index (χ0v) is 11.1. The van der Waals surface area contributed by atoms with E-state index in [-0.39, 0.29) is 12.6 Å². The molecule has 0 atom stereocenters. The summed E-state index contributed by atoms with van der Waals surface area (Å²) in [6.07, 6.45) is 0. The van der Waals surface area contributed by atoms with Gasteiger partial charge in [-0.2, -0.15) is 0 Å². The zero-order chi connectivity index (χ0) is 13.0. The molecule has 0 fully saturated rings. The van der Waals surface area contributed by atoms with Crippen LogP contribution >= 0.6 is 11.3 Å². The summed E-state index contributed by atoms with van der Waals surface area (Å²) in [6.45, 7) is 2.12. The molecule has 2 aromatic rings. The number of hydrogen-bond donors (Lipinski definition) is 0. The van der Waals surface area contributed by atoms with E-state index >= 15 is 0 Å². The topological polar surface area (TPSA) is 35.5 Å². The van der Waals surface area contributed by atoms with E-state index in [1.165, 1.54) is 11.3 Å². The van der Waals surface area contributed by atoms with Gasteiger partial charge in [0.1, 0.15) is 17.2 Å². The molecule has 3 nitrogen and oxygen atoms in total. The monoisotopic (exact) mass is 262 g/mol. The van der Waals surface area contributed by atoms with Crippen LogP contribution in [0.15, 0.2) is 35.7 Å². The largest absolute Gasteiger partial charge is 0.496 e. The molecular weight excluding hydrogens is 248 g/mol. The van der Waals surface area contributed by atoms with Gasteiger partial charge in [0.2, 0.25) is 0 Å². The first-order valence-electron chi connectivity index (χ1n) is 5.55. The minimum atomic E-state index is -0.284. The predicted molar refractivity (Wildman–Crippen MR) is 71.2 cm³/mol. The predicted octanol–water partition coefficient (Wildman–Crippen LogP) is 3.42. The lowest BCUT2D eigenvalue weighted by Gasteiger charge is -2.08. The van der Waals surface area contributed by atoms with Crippen molar-refractivity contribution in [3.63, 3.8) is 0 Å². The molecule has 0 radical (unpaired) electrons. The second-order valence-electron chi connectivity index (χ2n) is 3.82. The summed E-state index contributed by atoms with van der Waals surface area (Å²) in [5, 5.41) is 1.88. The van der Waals surface area contributed by atoms with E-state index in [2.05, 4.69) is 0 Å². The van der Waals surface area contributed by atoms with Crippen molar-refractivity contribution in [3.8, 4) is 5.75 Å². The normalized spacial score (nSPS) is 10.1. The van der Waals surface area contributed by atoms with Crippen LogP contribution in [0.3, 0.4) is 0 Å². The average Bonchev–Trinajstić information content (AvgIpc) is 2.82. The second kappa shape index (κ2) is 5.69. The molecule has 4 heteroatoms. The van der Waals surface area contributed by atoms with Crippen molar-refractivity contribution in [2.24, 2.45) is 0 Å². The molecule has 0 unspecified atom stereocenters. The van der Waals surface area contributed by atoms with Gasteiger partial charge in [-0.05, 0) is 30.0 Å². The van der Waals surface area contributed by atoms with Crippen molar-refractivity contribution in [2.45, 2.75) is 13.5 Å². The third kappa shape index (κ3) is 2.71. The number of carbonyl (C=O) groups is 1. The number of para-hydroxylation sites is 1. The first-order valence-corrected chi connectivity index (χ1v) is 6.43. The Morgan fingerprint density at radius 2 is 2.06 bits per heavy atom. The van der Waals surface area contributed by atoms with Crippen LogP contribution in [0, 0.1) is 6.92 Å². The lowest BCUT2D eigenvalue weighted by atomic mass is 10.2. The maximum Gasteiger partial charge on any atom is 0.348 e. The van der Waals surface area contributed by atoms with Crippen LogP contribution in [0.2, 0.25) is 0 Å². The number of rotatable bonds is 4. The molecule has 0 saturated carbocycles. The SMILES string of the molecule is COc1ccccc1COC(=O)c1sccc1C. The molecule has 0 spiro atoms. The molecule has 0 bridgehead atoms. The number of methoxy groups -OCH3 is 1. The van der Waals surface area contributed by atoms with E-state index in [9.17, 15) is 4.79 Å². The first kappa shape index (κ1) is 12.6. The van der Waals surface area contributed by atoms with Gasteiger partial charge < -0.3 is 9.47 Å². The van der Waals surface area contributed by atoms with Gasteiger partial charge in [-0.3, -0.25) is 0 Å². The van der Waals surface area contributed by atoms with Crippen molar-refractivity contribution in [1.82, 2.24) is 0 Å². The highest BCUT2D eigenvalue weighted by Gasteiger charge is 2.12. The van der Waals surface area contributed by atoms with Crippen LogP contribution < -0.4 is 4.74 Å². The van der Waals surface area contributed by atoms with Crippen LogP contribution in [0.5, 0.6) is 5.75 Å². The van der Waals surface area contributed by atoms with E-state index in [1.54, 1.807) is 7.11 Å². The second-order valence-corrected chi connectivity index (χ2v) is 4.74. The van der Waals surface area contributed by atoms with Crippen molar-refractivity contribution < 1.29 is 14.3 Å². The number of carbonyl (C=O) groups excluding carboxylic acids is 1. The van der Waals surface area contributed by atoms with Crippen LogP contribution in [0.4, 0.5) is 0 Å². The quantitative estimate of drug-likeness (QED) is 0.792. The van der Waals surface area contributed by atoms with Crippen LogP contribution in [0.25, 0.3) is 0 Å². The molecule has 94 valence electrons. The molecule has 0 aliphatic rings. The number of benzene rings is 1. The Morgan fingerprint density at radius 3 is 2.72 bits per heavy atom. The zero-order valence-electron chi connectivity index (χ0n) is 10.3. The summed E-state index contributed by atoms with van der Waals surface area (Å²) >= 11 is 1.40. The average molecular weight is 262 g/mol. The van der Waals surface area contributed by atoms with E-state index in [4.69, 9.17) is 9.47 Å². The standard InChI is InChI=1S/C14H14O3S/c1-10-7-8-18-13(10)14(15)17-9-11-5-3-4-6-12(11)16-2/h3-8H,9H2,1-2H3. The molecule has 1 heterocycles. The smallest absolute Gasteiger partial charge is 0.348 e. The first-order chi connectivity index (χ1) is 8.72. The van der Waals surface area contributed by atoms with Crippen LogP contribution in [-0.4, -0.2) is 13.1 Å². The highest BCUT2D eigenvalue weighted by Crippen LogP contribution is 2.21. The van der Waals surface area contributed by atoms with E-state index in [1.807, 2.05) is 42.6 Å².